The van der Waals surface area contributed by atoms with Crippen molar-refractivity contribution in [1.82, 2.24) is 15.0 Å². The zero-order valence-corrected chi connectivity index (χ0v) is 33.5. The zero-order chi connectivity index (χ0) is 43.1. The molecular formula is C38H34N8O11S3. The Morgan fingerprint density at radius 3 is 1.78 bits per heavy atom. The van der Waals surface area contributed by atoms with E-state index in [4.69, 9.17) is 5.11 Å². The maximum absolute atomic E-state index is 12.5. The molecule has 0 spiro atoms. The number of fused-ring (bicyclic) bond motifs is 1. The third kappa shape index (κ3) is 11.6. The van der Waals surface area contributed by atoms with Gasteiger partial charge in [0.1, 0.15) is 21.4 Å². The summed E-state index contributed by atoms with van der Waals surface area (Å²) in [5.41, 5.74) is 1.71. The Bertz CT molecular complexity index is 2970. The molecule has 310 valence electrons. The summed E-state index contributed by atoms with van der Waals surface area (Å²) in [6, 6.07) is 25.2. The summed E-state index contributed by atoms with van der Waals surface area (Å²) in [6.45, 7) is 0.327. The molecule has 0 fully saturated rings. The number of nitrogens with zero attached hydrogens (tertiary/aromatic N) is 7. The Morgan fingerprint density at radius 2 is 1.13 bits per heavy atom. The van der Waals surface area contributed by atoms with E-state index in [1.54, 1.807) is 54.6 Å². The molecule has 0 aliphatic carbocycles. The summed E-state index contributed by atoms with van der Waals surface area (Å²) < 4.78 is 103. The van der Waals surface area contributed by atoms with Crippen molar-refractivity contribution < 1.29 is 48.8 Å². The number of anilines is 1. The highest BCUT2D eigenvalue weighted by atomic mass is 32.2. The summed E-state index contributed by atoms with van der Waals surface area (Å²) in [5, 5.41) is 28.0. The van der Waals surface area contributed by atoms with E-state index in [9.17, 15) is 43.7 Å². The molecule has 0 aliphatic heterocycles. The van der Waals surface area contributed by atoms with E-state index in [0.717, 1.165) is 12.1 Å². The first-order valence-corrected chi connectivity index (χ1v) is 22.0. The Kier molecular flexibility index (Phi) is 13.1. The lowest BCUT2D eigenvalue weighted by Crippen LogP contribution is -2.13. The van der Waals surface area contributed by atoms with Gasteiger partial charge in [-0.15, -0.1) is 0 Å². The summed E-state index contributed by atoms with van der Waals surface area (Å²) in [5.74, 6) is -0.357. The number of hydrogen-bond acceptors (Lipinski definition) is 15. The molecule has 0 amide bonds. The van der Waals surface area contributed by atoms with Gasteiger partial charge in [0.15, 0.2) is 0 Å². The van der Waals surface area contributed by atoms with Crippen molar-refractivity contribution in [3.63, 3.8) is 0 Å². The highest BCUT2D eigenvalue weighted by Crippen LogP contribution is 2.34. The molecule has 0 saturated heterocycles. The van der Waals surface area contributed by atoms with Crippen molar-refractivity contribution in [2.75, 3.05) is 11.9 Å². The molecule has 1 aromatic heterocycles. The minimum absolute atomic E-state index is 0.0207. The summed E-state index contributed by atoms with van der Waals surface area (Å²) in [4.78, 5) is 22.8. The smallest absolute Gasteiger partial charge is 0.303 e. The van der Waals surface area contributed by atoms with Gasteiger partial charge in [0, 0.05) is 36.6 Å². The first kappa shape index (κ1) is 43.2. The lowest BCUT2D eigenvalue weighted by Gasteiger charge is -2.11. The molecule has 0 atom stereocenters. The van der Waals surface area contributed by atoms with Crippen LogP contribution >= 0.6 is 0 Å². The van der Waals surface area contributed by atoms with E-state index in [-0.39, 0.29) is 64.6 Å². The number of azo groups is 2. The third-order valence-electron chi connectivity index (χ3n) is 8.58. The van der Waals surface area contributed by atoms with Gasteiger partial charge in [-0.1, -0.05) is 48.5 Å². The summed E-state index contributed by atoms with van der Waals surface area (Å²) >= 11 is 0. The summed E-state index contributed by atoms with van der Waals surface area (Å²) in [7, 11) is -14.4. The lowest BCUT2D eigenvalue weighted by molar-refractivity contribution is -0.137. The van der Waals surface area contributed by atoms with Crippen molar-refractivity contribution in [3.8, 4) is 0 Å². The molecule has 0 unspecified atom stereocenters. The average molecular weight is 875 g/mol. The molecule has 6 aromatic rings. The van der Waals surface area contributed by atoms with E-state index < -0.39 is 51.0 Å². The number of unbranched alkanes of at least 4 members (excludes halogenated alkanes) is 1. The van der Waals surface area contributed by atoms with Crippen LogP contribution in [0.4, 0.5) is 28.7 Å². The molecule has 22 heteroatoms. The van der Waals surface area contributed by atoms with E-state index in [2.05, 4.69) is 40.7 Å². The molecule has 6 rings (SSSR count). The number of aliphatic carboxylic acids is 1. The second-order valence-corrected chi connectivity index (χ2v) is 17.2. The SMILES string of the molecule is O=C(O)CCCCNc1nc(Cc2ccc(N=Nc3cc(S(=O)(=O)O)c4cccc(S(=O)(=O)O)c4c3)cc2)nc(Cc2ccc(N=Nc3ccccc3)cc2S(=O)(=O)O)n1. The molecule has 19 nitrogen and oxygen atoms in total. The van der Waals surface area contributed by atoms with E-state index in [1.807, 2.05) is 0 Å². The van der Waals surface area contributed by atoms with E-state index in [1.165, 1.54) is 36.4 Å². The molecular weight excluding hydrogens is 841 g/mol. The van der Waals surface area contributed by atoms with E-state index >= 15 is 0 Å². The van der Waals surface area contributed by atoms with Crippen LogP contribution in [0.3, 0.4) is 0 Å². The van der Waals surface area contributed by atoms with E-state index in [0.29, 0.717) is 36.3 Å². The molecule has 0 radical (unpaired) electrons. The van der Waals surface area contributed by atoms with Gasteiger partial charge in [-0.05, 0) is 78.6 Å². The van der Waals surface area contributed by atoms with Gasteiger partial charge in [0.25, 0.3) is 30.4 Å². The van der Waals surface area contributed by atoms with Gasteiger partial charge in [-0.25, -0.2) is 4.98 Å². The van der Waals surface area contributed by atoms with Crippen molar-refractivity contribution in [2.45, 2.75) is 46.8 Å². The standard InChI is InChI=1S/C38H34N8O11S3/c47-37(48)11-4-5-18-39-38-41-35(40-36(42-38)20-25-14-17-28(22-33(25)59(52,53)54)45-43-26-7-2-1-3-8-26)19-24-12-15-27(16-13-24)44-46-29-21-31-30(34(23-29)60(55,56)57)9-6-10-32(31)58(49,50)51/h1-3,6-10,12-17,21-23H,4-5,11,18-20H2,(H,47,48)(H,49,50,51)(H,52,53,54)(H,55,56,57)(H,39,40,41,42). The Morgan fingerprint density at radius 1 is 0.550 bits per heavy atom. The van der Waals surface area contributed by atoms with Crippen LogP contribution < -0.4 is 5.32 Å². The van der Waals surface area contributed by atoms with Crippen LogP contribution in [0.15, 0.2) is 138 Å². The predicted molar refractivity (Wildman–Crippen MR) is 216 cm³/mol. The molecule has 5 aromatic carbocycles. The second-order valence-electron chi connectivity index (χ2n) is 13.0. The summed E-state index contributed by atoms with van der Waals surface area (Å²) in [6.07, 6.45) is 0.866. The lowest BCUT2D eigenvalue weighted by atomic mass is 10.1. The van der Waals surface area contributed by atoms with Crippen LogP contribution in [0.2, 0.25) is 0 Å². The second kappa shape index (κ2) is 18.2. The Hall–Kier alpha value is -6.43. The Balaban J connectivity index is 1.26. The van der Waals surface area contributed by atoms with Gasteiger partial charge in [-0.2, -0.15) is 55.7 Å². The van der Waals surface area contributed by atoms with Gasteiger partial charge in [0.2, 0.25) is 5.95 Å². The number of carboxylic acids is 1. The number of rotatable bonds is 17. The maximum atomic E-state index is 12.5. The molecule has 5 N–H and O–H groups in total. The predicted octanol–water partition coefficient (Wildman–Crippen LogP) is 7.44. The highest BCUT2D eigenvalue weighted by molar-refractivity contribution is 7.86. The van der Waals surface area contributed by atoms with Gasteiger partial charge in [-0.3, -0.25) is 18.5 Å². The van der Waals surface area contributed by atoms with Gasteiger partial charge < -0.3 is 10.4 Å². The Labute approximate surface area is 343 Å². The van der Waals surface area contributed by atoms with Gasteiger partial charge in [0.05, 0.1) is 27.6 Å². The van der Waals surface area contributed by atoms with Crippen molar-refractivity contribution in [2.24, 2.45) is 20.5 Å². The first-order valence-electron chi connectivity index (χ1n) is 17.7. The fourth-order valence-electron chi connectivity index (χ4n) is 5.86. The van der Waals surface area contributed by atoms with Crippen LogP contribution in [0, 0.1) is 0 Å². The number of carbonyl (C=O) groups is 1. The number of carboxylic acid groups (broad SMARTS) is 1. The minimum Gasteiger partial charge on any atom is -0.481 e. The molecule has 60 heavy (non-hydrogen) atoms. The largest absolute Gasteiger partial charge is 0.481 e. The van der Waals surface area contributed by atoms with Crippen LogP contribution in [-0.4, -0.2) is 71.5 Å². The first-order chi connectivity index (χ1) is 28.4. The van der Waals surface area contributed by atoms with Crippen molar-refractivity contribution >= 4 is 75.8 Å². The monoisotopic (exact) mass is 874 g/mol. The normalized spacial score (nSPS) is 12.4. The maximum Gasteiger partial charge on any atom is 0.303 e. The molecule has 0 bridgehead atoms. The molecule has 0 aliphatic rings. The number of benzene rings is 5. The quantitative estimate of drug-likeness (QED) is 0.0338. The average Bonchev–Trinajstić information content (AvgIpc) is 3.18. The molecule has 0 saturated carbocycles. The van der Waals surface area contributed by atoms with Gasteiger partial charge >= 0.3 is 5.97 Å². The minimum atomic E-state index is -4.85. The third-order valence-corrected chi connectivity index (χ3v) is 11.3. The van der Waals surface area contributed by atoms with Crippen molar-refractivity contribution in [3.05, 3.63) is 126 Å². The fraction of sp³-hybridized carbons (Fsp3) is 0.158. The van der Waals surface area contributed by atoms with Crippen LogP contribution in [0.5, 0.6) is 0 Å². The van der Waals surface area contributed by atoms with Crippen LogP contribution in [0.25, 0.3) is 10.8 Å². The number of hydrogen-bond donors (Lipinski definition) is 5. The fourth-order valence-corrected chi connectivity index (χ4v) is 8.03. The number of aromatic nitrogens is 3. The molecule has 1 heterocycles. The topological polar surface area (TPSA) is 301 Å². The van der Waals surface area contributed by atoms with Crippen LogP contribution in [0.1, 0.15) is 42.0 Å². The zero-order valence-electron chi connectivity index (χ0n) is 31.1. The highest BCUT2D eigenvalue weighted by Gasteiger charge is 2.22. The van der Waals surface area contributed by atoms with Crippen molar-refractivity contribution in [1.29, 1.82) is 0 Å². The number of nitrogens with one attached hydrogen (secondary N) is 1. The van der Waals surface area contributed by atoms with Crippen LogP contribution in [-0.2, 0) is 48.0 Å².